The minimum Gasteiger partial charge on any atom is -0.490 e. The standard InChI is InChI=1S/C33H47N3O4/c1-33(2,3)40-31(37)21-27(26-6-4-8-30(20-26)39-29-14-18-38-19-15-29)23-36-17-13-24(22-36)9-11-28-12-10-25-7-5-16-34-32(25)35-28/h4,6,8,10,12,20,24,27,29H,5,7,9,11,13-19,21-23H2,1-3H3,(H,34,35)/t24-,27-/m1/s1. The van der Waals surface area contributed by atoms with Crippen LogP contribution in [-0.2, 0) is 27.1 Å². The van der Waals surface area contributed by atoms with Gasteiger partial charge in [0.1, 0.15) is 23.3 Å². The molecule has 7 nitrogen and oxygen atoms in total. The number of anilines is 1. The van der Waals surface area contributed by atoms with Gasteiger partial charge in [-0.05, 0) is 94.7 Å². The molecule has 1 aromatic heterocycles. The van der Waals surface area contributed by atoms with Gasteiger partial charge in [0.2, 0.25) is 0 Å². The number of ether oxygens (including phenoxy) is 3. The molecule has 2 saturated heterocycles. The summed E-state index contributed by atoms with van der Waals surface area (Å²) in [5.41, 5.74) is 3.19. The number of esters is 1. The Kier molecular flexibility index (Phi) is 9.63. The number of nitrogens with zero attached hydrogens (tertiary/aromatic N) is 2. The maximum atomic E-state index is 12.9. The van der Waals surface area contributed by atoms with Crippen LogP contribution in [0.25, 0.3) is 0 Å². The summed E-state index contributed by atoms with van der Waals surface area (Å²) < 4.78 is 17.5. The van der Waals surface area contributed by atoms with E-state index in [1.54, 1.807) is 0 Å². The zero-order chi connectivity index (χ0) is 28.0. The molecule has 0 bridgehead atoms. The molecule has 2 atom stereocenters. The second kappa shape index (κ2) is 13.3. The molecule has 1 aromatic carbocycles. The van der Waals surface area contributed by atoms with Gasteiger partial charge >= 0.3 is 5.97 Å². The highest BCUT2D eigenvalue weighted by Crippen LogP contribution is 2.31. The number of carbonyl (C=O) groups excluding carboxylic acids is 1. The van der Waals surface area contributed by atoms with Gasteiger partial charge in [0.05, 0.1) is 19.6 Å². The van der Waals surface area contributed by atoms with E-state index in [1.165, 1.54) is 24.1 Å². The average molecular weight is 550 g/mol. The molecular weight excluding hydrogens is 502 g/mol. The highest BCUT2D eigenvalue weighted by molar-refractivity contribution is 5.71. The van der Waals surface area contributed by atoms with E-state index in [0.717, 1.165) is 88.6 Å². The molecule has 0 spiro atoms. The summed E-state index contributed by atoms with van der Waals surface area (Å²) in [5.74, 6) is 2.53. The van der Waals surface area contributed by atoms with Crippen molar-refractivity contribution >= 4 is 11.8 Å². The lowest BCUT2D eigenvalue weighted by Gasteiger charge is -2.27. The van der Waals surface area contributed by atoms with Crippen molar-refractivity contribution < 1.29 is 19.0 Å². The summed E-state index contributed by atoms with van der Waals surface area (Å²) >= 11 is 0. The lowest BCUT2D eigenvalue weighted by atomic mass is 9.94. The zero-order valence-electron chi connectivity index (χ0n) is 24.6. The Balaban J connectivity index is 1.20. The molecule has 3 aliphatic heterocycles. The lowest BCUT2D eigenvalue weighted by Crippen LogP contribution is -2.30. The predicted molar refractivity (Wildman–Crippen MR) is 158 cm³/mol. The van der Waals surface area contributed by atoms with Crippen molar-refractivity contribution in [3.8, 4) is 5.75 Å². The van der Waals surface area contributed by atoms with Crippen LogP contribution in [0.1, 0.15) is 82.0 Å². The Hall–Kier alpha value is -2.64. The third kappa shape index (κ3) is 8.43. The minimum absolute atomic E-state index is 0.0558. The third-order valence-corrected chi connectivity index (χ3v) is 8.24. The number of fused-ring (bicyclic) bond motifs is 1. The van der Waals surface area contributed by atoms with Crippen molar-refractivity contribution in [2.45, 2.75) is 89.8 Å². The van der Waals surface area contributed by atoms with Crippen LogP contribution >= 0.6 is 0 Å². The molecule has 0 radical (unpaired) electrons. The average Bonchev–Trinajstić information content (AvgIpc) is 3.38. The first-order chi connectivity index (χ1) is 19.3. The molecule has 2 fully saturated rings. The molecular formula is C33H47N3O4. The number of nitrogens with one attached hydrogen (secondary N) is 1. The fraction of sp³-hybridized carbons (Fsp3) is 0.636. The van der Waals surface area contributed by atoms with Crippen LogP contribution in [0.5, 0.6) is 5.75 Å². The van der Waals surface area contributed by atoms with Crippen molar-refractivity contribution in [2.75, 3.05) is 44.7 Å². The molecule has 0 aliphatic carbocycles. The van der Waals surface area contributed by atoms with Crippen LogP contribution in [0, 0.1) is 5.92 Å². The van der Waals surface area contributed by atoms with Crippen molar-refractivity contribution in [2.24, 2.45) is 5.92 Å². The molecule has 0 saturated carbocycles. The van der Waals surface area contributed by atoms with Crippen LogP contribution in [-0.4, -0.2) is 67.0 Å². The second-order valence-electron chi connectivity index (χ2n) is 12.8. The molecule has 0 unspecified atom stereocenters. The highest BCUT2D eigenvalue weighted by Gasteiger charge is 2.28. The number of likely N-dealkylation sites (tertiary alicyclic amines) is 1. The molecule has 5 rings (SSSR count). The molecule has 4 heterocycles. The minimum atomic E-state index is -0.491. The van der Waals surface area contributed by atoms with Gasteiger partial charge in [-0.25, -0.2) is 4.98 Å². The first kappa shape index (κ1) is 28.9. The number of hydrogen-bond donors (Lipinski definition) is 1. The molecule has 40 heavy (non-hydrogen) atoms. The van der Waals surface area contributed by atoms with Gasteiger partial charge in [-0.15, -0.1) is 0 Å². The maximum Gasteiger partial charge on any atom is 0.306 e. The SMILES string of the molecule is CC(C)(C)OC(=O)C[C@H](CN1CC[C@@H](CCc2ccc3c(n2)NCCC3)C1)c1cccc(OC2CCOCC2)c1. The fourth-order valence-electron chi connectivity index (χ4n) is 6.19. The van der Waals surface area contributed by atoms with E-state index in [9.17, 15) is 4.79 Å². The molecule has 2 aromatic rings. The van der Waals surface area contributed by atoms with Crippen LogP contribution in [0.15, 0.2) is 36.4 Å². The molecule has 7 heteroatoms. The van der Waals surface area contributed by atoms with E-state index < -0.39 is 5.60 Å². The molecule has 0 amide bonds. The smallest absolute Gasteiger partial charge is 0.306 e. The maximum absolute atomic E-state index is 12.9. The van der Waals surface area contributed by atoms with Gasteiger partial charge in [0.25, 0.3) is 0 Å². The normalized spacial score (nSPS) is 20.9. The van der Waals surface area contributed by atoms with E-state index in [2.05, 4.69) is 40.5 Å². The number of aryl methyl sites for hydroxylation is 2. The van der Waals surface area contributed by atoms with Gasteiger partial charge in [-0.3, -0.25) is 4.79 Å². The molecule has 218 valence electrons. The number of aromatic nitrogens is 1. The quantitative estimate of drug-likeness (QED) is 0.377. The van der Waals surface area contributed by atoms with Crippen molar-refractivity contribution in [3.63, 3.8) is 0 Å². The summed E-state index contributed by atoms with van der Waals surface area (Å²) in [4.78, 5) is 20.4. The molecule has 1 N–H and O–H groups in total. The summed E-state index contributed by atoms with van der Waals surface area (Å²) in [6.45, 7) is 11.3. The van der Waals surface area contributed by atoms with E-state index in [4.69, 9.17) is 19.2 Å². The van der Waals surface area contributed by atoms with Gasteiger partial charge < -0.3 is 24.4 Å². The van der Waals surface area contributed by atoms with E-state index >= 15 is 0 Å². The number of benzene rings is 1. The third-order valence-electron chi connectivity index (χ3n) is 8.24. The Morgan fingerprint density at radius 1 is 1.18 bits per heavy atom. The van der Waals surface area contributed by atoms with Crippen molar-refractivity contribution in [1.29, 1.82) is 0 Å². The fourth-order valence-corrected chi connectivity index (χ4v) is 6.19. The Morgan fingerprint density at radius 3 is 2.85 bits per heavy atom. The van der Waals surface area contributed by atoms with Gasteiger partial charge in [0.15, 0.2) is 0 Å². The van der Waals surface area contributed by atoms with Gasteiger partial charge in [0, 0.05) is 44.1 Å². The van der Waals surface area contributed by atoms with Gasteiger partial charge in [-0.2, -0.15) is 0 Å². The largest absolute Gasteiger partial charge is 0.490 e. The zero-order valence-corrected chi connectivity index (χ0v) is 24.6. The molecule has 3 aliphatic rings. The summed E-state index contributed by atoms with van der Waals surface area (Å²) in [6, 6.07) is 12.8. The predicted octanol–water partition coefficient (Wildman–Crippen LogP) is 5.77. The van der Waals surface area contributed by atoms with Crippen LogP contribution in [0.2, 0.25) is 0 Å². The van der Waals surface area contributed by atoms with Crippen LogP contribution in [0.3, 0.4) is 0 Å². The first-order valence-corrected chi connectivity index (χ1v) is 15.3. The summed E-state index contributed by atoms with van der Waals surface area (Å²) in [5, 5.41) is 3.46. The van der Waals surface area contributed by atoms with Gasteiger partial charge in [-0.1, -0.05) is 18.2 Å². The Bertz CT molecular complexity index is 1120. The highest BCUT2D eigenvalue weighted by atomic mass is 16.6. The van der Waals surface area contributed by atoms with E-state index in [0.29, 0.717) is 12.3 Å². The Labute approximate surface area is 240 Å². The van der Waals surface area contributed by atoms with E-state index in [-0.39, 0.29) is 18.0 Å². The second-order valence-corrected chi connectivity index (χ2v) is 12.8. The van der Waals surface area contributed by atoms with Crippen molar-refractivity contribution in [1.82, 2.24) is 9.88 Å². The summed E-state index contributed by atoms with van der Waals surface area (Å²) in [6.07, 6.45) is 8.05. The summed E-state index contributed by atoms with van der Waals surface area (Å²) in [7, 11) is 0. The first-order valence-electron chi connectivity index (χ1n) is 15.3. The lowest BCUT2D eigenvalue weighted by molar-refractivity contribution is -0.155. The van der Waals surface area contributed by atoms with E-state index in [1.807, 2.05) is 26.8 Å². The topological polar surface area (TPSA) is 72.9 Å². The van der Waals surface area contributed by atoms with Crippen LogP contribution < -0.4 is 10.1 Å². The van der Waals surface area contributed by atoms with Crippen LogP contribution in [0.4, 0.5) is 5.82 Å². The monoisotopic (exact) mass is 549 g/mol. The number of pyridine rings is 1. The van der Waals surface area contributed by atoms with Crippen molar-refractivity contribution in [3.05, 3.63) is 53.2 Å². The number of rotatable bonds is 10. The number of hydrogen-bond acceptors (Lipinski definition) is 7. The number of carbonyl (C=O) groups is 1. The Morgan fingerprint density at radius 2 is 2.02 bits per heavy atom.